The van der Waals surface area contributed by atoms with Gasteiger partial charge >= 0.3 is 6.03 Å². The third-order valence-corrected chi connectivity index (χ3v) is 8.57. The number of hydrogen-bond acceptors (Lipinski definition) is 4. The quantitative estimate of drug-likeness (QED) is 0.703. The Bertz CT molecular complexity index is 1130. The second kappa shape index (κ2) is 9.40. The average molecular weight is 476 g/mol. The Kier molecular flexibility index (Phi) is 6.74. The van der Waals surface area contributed by atoms with E-state index in [1.807, 2.05) is 0 Å². The van der Waals surface area contributed by atoms with Crippen LogP contribution in [0.5, 0.6) is 0 Å². The Morgan fingerprint density at radius 2 is 1.76 bits per heavy atom. The summed E-state index contributed by atoms with van der Waals surface area (Å²) >= 11 is 0. The first kappa shape index (κ1) is 23.7. The number of aryl methyl sites for hydroxylation is 1. The van der Waals surface area contributed by atoms with Gasteiger partial charge in [0.05, 0.1) is 11.4 Å². The van der Waals surface area contributed by atoms with Crippen LogP contribution in [-0.4, -0.2) is 54.9 Å². The largest absolute Gasteiger partial charge is 0.383 e. The van der Waals surface area contributed by atoms with Gasteiger partial charge in [0, 0.05) is 30.9 Å². The topological polar surface area (TPSA) is 90.0 Å². The van der Waals surface area contributed by atoms with E-state index in [-0.39, 0.29) is 30.0 Å². The monoisotopic (exact) mass is 475 g/mol. The number of sulfonamides is 1. The van der Waals surface area contributed by atoms with Crippen molar-refractivity contribution < 1.29 is 22.7 Å². The molecule has 0 aromatic heterocycles. The van der Waals surface area contributed by atoms with E-state index >= 15 is 0 Å². The summed E-state index contributed by atoms with van der Waals surface area (Å²) in [5.41, 5.74) is -0.314. The molecule has 2 aromatic rings. The maximum atomic E-state index is 14.2. The number of carbonyl (C=O) groups is 1. The summed E-state index contributed by atoms with van der Waals surface area (Å²) in [6.07, 6.45) is 3.94. The molecule has 2 fully saturated rings. The zero-order valence-corrected chi connectivity index (χ0v) is 19.6. The van der Waals surface area contributed by atoms with E-state index < -0.39 is 27.5 Å². The third kappa shape index (κ3) is 4.90. The molecule has 7 nitrogen and oxygen atoms in total. The van der Waals surface area contributed by atoms with Gasteiger partial charge in [-0.05, 0) is 49.9 Å². The van der Waals surface area contributed by atoms with Crippen molar-refractivity contribution in [2.45, 2.75) is 49.5 Å². The fraction of sp³-hybridized carbons (Fsp3) is 0.458. The highest BCUT2D eigenvalue weighted by atomic mass is 32.2. The minimum absolute atomic E-state index is 0.0510. The van der Waals surface area contributed by atoms with Gasteiger partial charge in [0.15, 0.2) is 0 Å². The van der Waals surface area contributed by atoms with Crippen LogP contribution >= 0.6 is 0 Å². The van der Waals surface area contributed by atoms with E-state index in [1.54, 1.807) is 31.2 Å². The molecular formula is C24H30FN3O4S. The number of urea groups is 1. The molecule has 2 aromatic carbocycles. The van der Waals surface area contributed by atoms with Gasteiger partial charge in [-0.2, -0.15) is 4.31 Å². The van der Waals surface area contributed by atoms with Crippen LogP contribution < -0.4 is 5.32 Å². The van der Waals surface area contributed by atoms with Crippen molar-refractivity contribution in [1.82, 2.24) is 9.21 Å². The Morgan fingerprint density at radius 1 is 1.06 bits per heavy atom. The van der Waals surface area contributed by atoms with Crippen LogP contribution in [0.1, 0.15) is 43.2 Å². The summed E-state index contributed by atoms with van der Waals surface area (Å²) in [4.78, 5) is 14.5. The number of nitrogens with zero attached hydrogens (tertiary/aromatic N) is 2. The second-order valence-electron chi connectivity index (χ2n) is 8.91. The van der Waals surface area contributed by atoms with Crippen molar-refractivity contribution in [3.8, 4) is 0 Å². The maximum Gasteiger partial charge on any atom is 0.321 e. The van der Waals surface area contributed by atoms with E-state index in [2.05, 4.69) is 5.32 Å². The van der Waals surface area contributed by atoms with Gasteiger partial charge in [-0.3, -0.25) is 0 Å². The maximum absolute atomic E-state index is 14.2. The zero-order chi connectivity index (χ0) is 23.6. The minimum atomic E-state index is -3.67. The molecule has 2 aliphatic rings. The number of likely N-dealkylation sites (tertiary alicyclic amines) is 1. The number of carbonyl (C=O) groups excluding carboxylic acids is 1. The number of β-amino-alcohol motifs (C(OH)–C–C–N with tert-alkyl or cyclic N) is 1. The van der Waals surface area contributed by atoms with Crippen LogP contribution in [0.25, 0.3) is 0 Å². The van der Waals surface area contributed by atoms with Crippen molar-refractivity contribution in [1.29, 1.82) is 0 Å². The van der Waals surface area contributed by atoms with Crippen molar-refractivity contribution in [2.75, 3.05) is 31.5 Å². The van der Waals surface area contributed by atoms with Crippen molar-refractivity contribution in [2.24, 2.45) is 0 Å². The Hall–Kier alpha value is -2.49. The standard InChI is InChI=1S/C24H30FN3O4S/c1-18-10-11-19(16-22(18)33(31,32)28-13-6-2-3-7-14-28)26-23(29)27-15-12-24(30,17-27)20-8-4-5-9-21(20)25/h4-5,8-11,16,30H,2-3,6-7,12-15,17H2,1H3,(H,26,29). The molecule has 0 aliphatic carbocycles. The molecule has 0 radical (unpaired) electrons. The van der Waals surface area contributed by atoms with Gasteiger partial charge in [0.1, 0.15) is 11.4 Å². The molecule has 2 heterocycles. The van der Waals surface area contributed by atoms with Crippen molar-refractivity contribution in [3.63, 3.8) is 0 Å². The summed E-state index contributed by atoms with van der Waals surface area (Å²) in [7, 11) is -3.67. The van der Waals surface area contributed by atoms with Crippen molar-refractivity contribution >= 4 is 21.7 Å². The fourth-order valence-electron chi connectivity index (χ4n) is 4.60. The Labute approximate surface area is 194 Å². The molecule has 2 aliphatic heterocycles. The SMILES string of the molecule is Cc1ccc(NC(=O)N2CCC(O)(c3ccccc3F)C2)cc1S(=O)(=O)N1CCCCCC1. The predicted octanol–water partition coefficient (Wildman–Crippen LogP) is 3.82. The molecule has 0 bridgehead atoms. The zero-order valence-electron chi connectivity index (χ0n) is 18.8. The van der Waals surface area contributed by atoms with Crippen LogP contribution in [0.4, 0.5) is 14.9 Å². The summed E-state index contributed by atoms with van der Waals surface area (Å²) in [6, 6.07) is 10.4. The first-order valence-corrected chi connectivity index (χ1v) is 12.8. The van der Waals surface area contributed by atoms with E-state index in [0.717, 1.165) is 25.7 Å². The Morgan fingerprint density at radius 3 is 2.45 bits per heavy atom. The lowest BCUT2D eigenvalue weighted by molar-refractivity contribution is 0.0464. The first-order chi connectivity index (χ1) is 15.7. The molecule has 1 unspecified atom stereocenters. The smallest absolute Gasteiger partial charge is 0.321 e. The molecular weight excluding hydrogens is 445 g/mol. The van der Waals surface area contributed by atoms with E-state index in [4.69, 9.17) is 0 Å². The van der Waals surface area contributed by atoms with Crippen LogP contribution in [0.15, 0.2) is 47.4 Å². The van der Waals surface area contributed by atoms with Gasteiger partial charge in [-0.15, -0.1) is 0 Å². The lowest BCUT2D eigenvalue weighted by Crippen LogP contribution is -2.37. The number of hydrogen-bond donors (Lipinski definition) is 2. The number of aliphatic hydroxyl groups is 1. The number of nitrogens with one attached hydrogen (secondary N) is 1. The van der Waals surface area contributed by atoms with Crippen LogP contribution in [0.3, 0.4) is 0 Å². The van der Waals surface area contributed by atoms with Gasteiger partial charge in [-0.25, -0.2) is 17.6 Å². The summed E-state index contributed by atoms with van der Waals surface area (Å²) in [5.74, 6) is -0.510. The second-order valence-corrected chi connectivity index (χ2v) is 10.8. The molecule has 178 valence electrons. The molecule has 0 saturated carbocycles. The van der Waals surface area contributed by atoms with Gasteiger partial charge in [0.25, 0.3) is 0 Å². The molecule has 0 spiro atoms. The molecule has 1 atom stereocenters. The first-order valence-electron chi connectivity index (χ1n) is 11.3. The normalized spacial score (nSPS) is 22.2. The van der Waals surface area contributed by atoms with Crippen LogP contribution in [0.2, 0.25) is 0 Å². The molecule has 2 N–H and O–H groups in total. The summed E-state index contributed by atoms with van der Waals surface area (Å²) in [6.45, 7) is 2.94. The lowest BCUT2D eigenvalue weighted by Gasteiger charge is -2.25. The van der Waals surface area contributed by atoms with Crippen molar-refractivity contribution in [3.05, 3.63) is 59.4 Å². The molecule has 9 heteroatoms. The van der Waals surface area contributed by atoms with Crippen LogP contribution in [-0.2, 0) is 15.6 Å². The molecule has 33 heavy (non-hydrogen) atoms. The Balaban J connectivity index is 1.50. The van der Waals surface area contributed by atoms with Gasteiger partial charge in [-0.1, -0.05) is 37.1 Å². The molecule has 2 amide bonds. The number of benzene rings is 2. The third-order valence-electron chi connectivity index (χ3n) is 6.53. The number of amides is 2. The number of anilines is 1. The predicted molar refractivity (Wildman–Crippen MR) is 124 cm³/mol. The van der Waals surface area contributed by atoms with Crippen LogP contribution in [0, 0.1) is 12.7 Å². The van der Waals surface area contributed by atoms with Gasteiger partial charge < -0.3 is 15.3 Å². The summed E-state index contributed by atoms with van der Waals surface area (Å²) < 4.78 is 42.3. The molecule has 4 rings (SSSR count). The lowest BCUT2D eigenvalue weighted by atomic mass is 9.93. The van der Waals surface area contributed by atoms with E-state index in [0.29, 0.717) is 24.3 Å². The highest BCUT2D eigenvalue weighted by Gasteiger charge is 2.41. The number of halogens is 1. The number of rotatable bonds is 4. The van der Waals surface area contributed by atoms with E-state index in [9.17, 15) is 22.7 Å². The summed E-state index contributed by atoms with van der Waals surface area (Å²) in [5, 5.41) is 13.7. The highest BCUT2D eigenvalue weighted by Crippen LogP contribution is 2.34. The van der Waals surface area contributed by atoms with E-state index in [1.165, 1.54) is 27.4 Å². The highest BCUT2D eigenvalue weighted by molar-refractivity contribution is 7.89. The molecule has 2 saturated heterocycles. The minimum Gasteiger partial charge on any atom is -0.383 e. The average Bonchev–Trinajstić information content (AvgIpc) is 2.99. The van der Waals surface area contributed by atoms with Gasteiger partial charge in [0.2, 0.25) is 10.0 Å². The fourth-order valence-corrected chi connectivity index (χ4v) is 6.37.